The molecule has 0 atom stereocenters. The minimum absolute atomic E-state index is 0.0407. The fraction of sp³-hybridized carbons (Fsp3) is 0.429. The molecule has 1 N–H and O–H groups in total. The van der Waals surface area contributed by atoms with Crippen molar-refractivity contribution in [2.45, 2.75) is 31.6 Å². The molecular weight excluding hydrogens is 324 g/mol. The van der Waals surface area contributed by atoms with Crippen molar-refractivity contribution in [2.75, 3.05) is 26.7 Å². The van der Waals surface area contributed by atoms with Crippen LogP contribution in [0.1, 0.15) is 52.4 Å². The van der Waals surface area contributed by atoms with Crippen molar-refractivity contribution in [3.8, 4) is 5.69 Å². The lowest BCUT2D eigenvalue weighted by atomic mass is 9.91. The van der Waals surface area contributed by atoms with Crippen LogP contribution in [0.25, 0.3) is 11.3 Å². The van der Waals surface area contributed by atoms with E-state index in [2.05, 4.69) is 51.2 Å². The van der Waals surface area contributed by atoms with Gasteiger partial charge in [0.25, 0.3) is 5.91 Å². The first-order chi connectivity index (χ1) is 12.7. The summed E-state index contributed by atoms with van der Waals surface area (Å²) in [5, 5.41) is 2.97. The average molecular weight is 348 g/mol. The summed E-state index contributed by atoms with van der Waals surface area (Å²) in [4.78, 5) is 19.3. The molecule has 134 valence electrons. The predicted molar refractivity (Wildman–Crippen MR) is 102 cm³/mol. The average Bonchev–Trinajstić information content (AvgIpc) is 3.39. The van der Waals surface area contributed by atoms with Gasteiger partial charge >= 0.3 is 0 Å². The maximum absolute atomic E-state index is 12.4. The Morgan fingerprint density at radius 1 is 1.19 bits per heavy atom. The van der Waals surface area contributed by atoms with Crippen molar-refractivity contribution in [3.05, 3.63) is 53.1 Å². The number of likely N-dealkylation sites (N-methyl/N-ethyl adjacent to an activating group) is 1. The van der Waals surface area contributed by atoms with E-state index in [0.717, 1.165) is 49.3 Å². The first-order valence-corrected chi connectivity index (χ1v) is 9.56. The number of aromatic nitrogens is 2. The highest BCUT2D eigenvalue weighted by Crippen LogP contribution is 2.39. The first-order valence-electron chi connectivity index (χ1n) is 9.56. The van der Waals surface area contributed by atoms with Crippen molar-refractivity contribution in [1.82, 2.24) is 19.8 Å². The largest absolute Gasteiger partial charge is 0.352 e. The van der Waals surface area contributed by atoms with E-state index in [1.807, 2.05) is 6.33 Å². The van der Waals surface area contributed by atoms with Crippen LogP contribution < -0.4 is 5.32 Å². The molecule has 1 fully saturated rings. The topological polar surface area (TPSA) is 50.2 Å². The zero-order chi connectivity index (χ0) is 17.7. The van der Waals surface area contributed by atoms with Crippen molar-refractivity contribution in [1.29, 1.82) is 0 Å². The SMILES string of the molecule is CN1CC=C(c2cc3c(cc2-n2cnc(C4CC4)c2)C(=O)NCC3)CC1. The molecular formula is C21H24N4O. The van der Waals surface area contributed by atoms with Gasteiger partial charge < -0.3 is 14.8 Å². The van der Waals surface area contributed by atoms with E-state index < -0.39 is 0 Å². The number of amides is 1. The van der Waals surface area contributed by atoms with E-state index in [0.29, 0.717) is 5.92 Å². The Hall–Kier alpha value is -2.40. The van der Waals surface area contributed by atoms with Crippen LogP contribution in [-0.4, -0.2) is 47.0 Å². The predicted octanol–water partition coefficient (Wildman–Crippen LogP) is 2.75. The third-order valence-electron chi connectivity index (χ3n) is 5.78. The van der Waals surface area contributed by atoms with Gasteiger partial charge in [0.15, 0.2) is 0 Å². The van der Waals surface area contributed by atoms with Gasteiger partial charge in [-0.1, -0.05) is 6.08 Å². The molecule has 0 spiro atoms. The van der Waals surface area contributed by atoms with Crippen LogP contribution in [-0.2, 0) is 6.42 Å². The molecule has 1 aliphatic carbocycles. The van der Waals surface area contributed by atoms with Gasteiger partial charge in [0, 0.05) is 42.9 Å². The Labute approximate surface area is 153 Å². The van der Waals surface area contributed by atoms with Crippen LogP contribution in [0.4, 0.5) is 0 Å². The van der Waals surface area contributed by atoms with E-state index in [1.165, 1.54) is 29.7 Å². The van der Waals surface area contributed by atoms with Gasteiger partial charge in [0.1, 0.15) is 0 Å². The zero-order valence-electron chi connectivity index (χ0n) is 15.2. The number of hydrogen-bond acceptors (Lipinski definition) is 3. The summed E-state index contributed by atoms with van der Waals surface area (Å²) in [6, 6.07) is 4.31. The summed E-state index contributed by atoms with van der Waals surface area (Å²) in [6.45, 7) is 2.77. The molecule has 3 heterocycles. The third-order valence-corrected chi connectivity index (χ3v) is 5.78. The summed E-state index contributed by atoms with van der Waals surface area (Å²) in [7, 11) is 2.16. The molecule has 3 aliphatic rings. The normalized spacial score (nSPS) is 20.5. The van der Waals surface area contributed by atoms with Gasteiger partial charge in [-0.05, 0) is 56.0 Å². The molecule has 0 unspecified atom stereocenters. The molecule has 0 radical (unpaired) electrons. The molecule has 2 aromatic rings. The molecule has 5 heteroatoms. The summed E-state index contributed by atoms with van der Waals surface area (Å²) >= 11 is 0. The highest BCUT2D eigenvalue weighted by molar-refractivity contribution is 5.98. The second-order valence-electron chi connectivity index (χ2n) is 7.75. The molecule has 5 rings (SSSR count). The fourth-order valence-corrected chi connectivity index (χ4v) is 4.00. The summed E-state index contributed by atoms with van der Waals surface area (Å²) in [6.07, 6.45) is 10.8. The third kappa shape index (κ3) is 2.76. The summed E-state index contributed by atoms with van der Waals surface area (Å²) in [5.74, 6) is 0.669. The molecule has 0 bridgehead atoms. The number of imidazole rings is 1. The zero-order valence-corrected chi connectivity index (χ0v) is 15.2. The molecule has 0 saturated heterocycles. The van der Waals surface area contributed by atoms with Gasteiger partial charge in [0.2, 0.25) is 0 Å². The second-order valence-corrected chi connectivity index (χ2v) is 7.75. The quantitative estimate of drug-likeness (QED) is 0.928. The number of nitrogens with one attached hydrogen (secondary N) is 1. The van der Waals surface area contributed by atoms with Crippen molar-refractivity contribution < 1.29 is 4.79 Å². The van der Waals surface area contributed by atoms with Crippen molar-refractivity contribution >= 4 is 11.5 Å². The van der Waals surface area contributed by atoms with E-state index >= 15 is 0 Å². The number of nitrogens with zero attached hydrogens (tertiary/aromatic N) is 3. The molecule has 2 aliphatic heterocycles. The maximum atomic E-state index is 12.4. The number of fused-ring (bicyclic) bond motifs is 1. The Bertz CT molecular complexity index is 907. The number of benzene rings is 1. The van der Waals surface area contributed by atoms with Crippen molar-refractivity contribution in [3.63, 3.8) is 0 Å². The lowest BCUT2D eigenvalue weighted by Crippen LogP contribution is -2.32. The monoisotopic (exact) mass is 348 g/mol. The fourth-order valence-electron chi connectivity index (χ4n) is 4.00. The molecule has 1 aromatic heterocycles. The van der Waals surface area contributed by atoms with Gasteiger partial charge in [-0.25, -0.2) is 4.98 Å². The Morgan fingerprint density at radius 2 is 2.08 bits per heavy atom. The Kier molecular flexibility index (Phi) is 3.71. The smallest absolute Gasteiger partial charge is 0.251 e. The molecule has 5 nitrogen and oxygen atoms in total. The number of rotatable bonds is 3. The van der Waals surface area contributed by atoms with Crippen LogP contribution in [0.2, 0.25) is 0 Å². The van der Waals surface area contributed by atoms with E-state index in [9.17, 15) is 4.79 Å². The number of hydrogen-bond donors (Lipinski definition) is 1. The Morgan fingerprint density at radius 3 is 2.85 bits per heavy atom. The number of carbonyl (C=O) groups is 1. The highest BCUT2D eigenvalue weighted by Gasteiger charge is 2.27. The van der Waals surface area contributed by atoms with Gasteiger partial charge in [-0.3, -0.25) is 4.79 Å². The van der Waals surface area contributed by atoms with E-state index in [1.54, 1.807) is 0 Å². The van der Waals surface area contributed by atoms with Crippen LogP contribution in [0.15, 0.2) is 30.7 Å². The summed E-state index contributed by atoms with van der Waals surface area (Å²) < 4.78 is 2.12. The number of carbonyl (C=O) groups excluding carboxylic acids is 1. The Balaban J connectivity index is 1.64. The van der Waals surface area contributed by atoms with E-state index in [4.69, 9.17) is 0 Å². The summed E-state index contributed by atoms with van der Waals surface area (Å²) in [5.41, 5.74) is 6.87. The first kappa shape index (κ1) is 15.8. The van der Waals surface area contributed by atoms with Crippen LogP contribution >= 0.6 is 0 Å². The van der Waals surface area contributed by atoms with E-state index in [-0.39, 0.29) is 5.91 Å². The molecule has 1 amide bonds. The lowest BCUT2D eigenvalue weighted by molar-refractivity contribution is 0.0946. The highest BCUT2D eigenvalue weighted by atomic mass is 16.1. The second kappa shape index (κ2) is 6.09. The van der Waals surface area contributed by atoms with Gasteiger partial charge in [-0.2, -0.15) is 0 Å². The van der Waals surface area contributed by atoms with Crippen LogP contribution in [0.3, 0.4) is 0 Å². The maximum Gasteiger partial charge on any atom is 0.251 e. The lowest BCUT2D eigenvalue weighted by Gasteiger charge is -2.26. The van der Waals surface area contributed by atoms with Crippen LogP contribution in [0.5, 0.6) is 0 Å². The minimum Gasteiger partial charge on any atom is -0.352 e. The van der Waals surface area contributed by atoms with Gasteiger partial charge in [0.05, 0.1) is 17.7 Å². The molecule has 26 heavy (non-hydrogen) atoms. The standard InChI is InChI=1S/C21H24N4O/c1-24-8-5-14(6-9-24)17-10-16-4-7-22-21(26)18(16)11-20(17)25-12-19(23-13-25)15-2-3-15/h5,10-13,15H,2-4,6-9H2,1H3,(H,22,26). The molecule has 1 aromatic carbocycles. The van der Waals surface area contributed by atoms with Gasteiger partial charge in [-0.15, -0.1) is 0 Å². The van der Waals surface area contributed by atoms with Crippen molar-refractivity contribution in [2.24, 2.45) is 0 Å². The molecule has 1 saturated carbocycles. The minimum atomic E-state index is 0.0407. The van der Waals surface area contributed by atoms with Crippen LogP contribution in [0, 0.1) is 0 Å².